The maximum atomic E-state index is 12.0. The van der Waals surface area contributed by atoms with Crippen LogP contribution < -0.4 is 19.5 Å². The van der Waals surface area contributed by atoms with Crippen molar-refractivity contribution in [1.82, 2.24) is 5.32 Å². The van der Waals surface area contributed by atoms with Crippen molar-refractivity contribution in [3.8, 4) is 17.2 Å². The molecule has 0 unspecified atom stereocenters. The highest BCUT2D eigenvalue weighted by Gasteiger charge is 2.18. The lowest BCUT2D eigenvalue weighted by Crippen LogP contribution is -2.32. The number of amides is 1. The number of rotatable bonds is 9. The van der Waals surface area contributed by atoms with Gasteiger partial charge < -0.3 is 24.3 Å². The van der Waals surface area contributed by atoms with Crippen molar-refractivity contribution in [2.75, 3.05) is 20.8 Å². The summed E-state index contributed by atoms with van der Waals surface area (Å²) in [4.78, 5) is 23.9. The number of benzene rings is 2. The summed E-state index contributed by atoms with van der Waals surface area (Å²) in [6.07, 6.45) is -0.861. The Kier molecular flexibility index (Phi) is 7.95. The van der Waals surface area contributed by atoms with Gasteiger partial charge in [0.15, 0.2) is 24.2 Å². The van der Waals surface area contributed by atoms with Crippen LogP contribution in [0.3, 0.4) is 0 Å². The molecule has 0 aliphatic rings. The number of ether oxygens (including phenoxy) is 4. The molecule has 1 amide bonds. The monoisotopic (exact) mass is 407 g/mol. The number of nitrogens with one attached hydrogen (secondary N) is 1. The topological polar surface area (TPSA) is 83.1 Å². The van der Waals surface area contributed by atoms with Gasteiger partial charge in [-0.25, -0.2) is 4.79 Å². The van der Waals surface area contributed by atoms with Crippen LogP contribution >= 0.6 is 11.6 Å². The lowest BCUT2D eigenvalue weighted by molar-refractivity contribution is -0.154. The Morgan fingerprint density at radius 2 is 1.71 bits per heavy atom. The third-order valence-electron chi connectivity index (χ3n) is 3.74. The smallest absolute Gasteiger partial charge is 0.347 e. The van der Waals surface area contributed by atoms with Gasteiger partial charge in [0.25, 0.3) is 5.91 Å². The first-order chi connectivity index (χ1) is 13.4. The number of hydrogen-bond acceptors (Lipinski definition) is 6. The molecule has 0 saturated carbocycles. The molecule has 0 heterocycles. The predicted octanol–water partition coefficient (Wildman–Crippen LogP) is 2.98. The maximum absolute atomic E-state index is 12.0. The lowest BCUT2D eigenvalue weighted by atomic mass is 10.2. The minimum atomic E-state index is -0.861. The van der Waals surface area contributed by atoms with Gasteiger partial charge in [-0.2, -0.15) is 0 Å². The Balaban J connectivity index is 1.77. The third kappa shape index (κ3) is 6.35. The molecule has 0 spiro atoms. The molecular weight excluding hydrogens is 386 g/mol. The Labute approximate surface area is 168 Å². The summed E-state index contributed by atoms with van der Waals surface area (Å²) >= 11 is 5.80. The highest BCUT2D eigenvalue weighted by atomic mass is 35.5. The molecule has 0 aromatic heterocycles. The van der Waals surface area contributed by atoms with E-state index in [-0.39, 0.29) is 6.54 Å². The third-order valence-corrected chi connectivity index (χ3v) is 3.99. The predicted molar refractivity (Wildman–Crippen MR) is 104 cm³/mol. The summed E-state index contributed by atoms with van der Waals surface area (Å²) in [5.74, 6) is 0.569. The highest BCUT2D eigenvalue weighted by Crippen LogP contribution is 2.27. The number of halogens is 1. The molecule has 0 aliphatic carbocycles. The Morgan fingerprint density at radius 3 is 2.36 bits per heavy atom. The second-order valence-corrected chi connectivity index (χ2v) is 6.22. The summed E-state index contributed by atoms with van der Waals surface area (Å²) in [5.41, 5.74) is 0.816. The van der Waals surface area contributed by atoms with Crippen molar-refractivity contribution < 1.29 is 28.5 Å². The first-order valence-corrected chi connectivity index (χ1v) is 8.87. The minimum absolute atomic E-state index is 0.258. The van der Waals surface area contributed by atoms with Crippen LogP contribution in [0.25, 0.3) is 0 Å². The van der Waals surface area contributed by atoms with Crippen LogP contribution in [-0.4, -0.2) is 38.8 Å². The molecule has 0 saturated heterocycles. The van der Waals surface area contributed by atoms with Crippen LogP contribution in [0.1, 0.15) is 12.5 Å². The van der Waals surface area contributed by atoms with Crippen molar-refractivity contribution in [3.05, 3.63) is 53.1 Å². The van der Waals surface area contributed by atoms with Crippen molar-refractivity contribution in [1.29, 1.82) is 0 Å². The van der Waals surface area contributed by atoms with E-state index in [1.54, 1.807) is 56.5 Å². The minimum Gasteiger partial charge on any atom is -0.493 e. The molecular formula is C20H22ClNO6. The molecule has 1 N–H and O–H groups in total. The zero-order valence-corrected chi connectivity index (χ0v) is 16.6. The van der Waals surface area contributed by atoms with Gasteiger partial charge in [-0.1, -0.05) is 17.7 Å². The van der Waals surface area contributed by atoms with Crippen LogP contribution in [0, 0.1) is 0 Å². The average Bonchev–Trinajstić information content (AvgIpc) is 2.71. The molecule has 1 atom stereocenters. The molecule has 2 aromatic carbocycles. The summed E-state index contributed by atoms with van der Waals surface area (Å²) in [7, 11) is 3.08. The number of esters is 1. The van der Waals surface area contributed by atoms with Gasteiger partial charge in [0.2, 0.25) is 0 Å². The van der Waals surface area contributed by atoms with Gasteiger partial charge in [0.1, 0.15) is 5.75 Å². The van der Waals surface area contributed by atoms with Crippen molar-refractivity contribution in [2.45, 2.75) is 19.6 Å². The van der Waals surface area contributed by atoms with Gasteiger partial charge in [-0.05, 0) is 48.9 Å². The summed E-state index contributed by atoms with van der Waals surface area (Å²) in [6, 6.07) is 11.9. The van der Waals surface area contributed by atoms with E-state index in [2.05, 4.69) is 5.32 Å². The van der Waals surface area contributed by atoms with Gasteiger partial charge in [-0.3, -0.25) is 4.79 Å². The molecule has 8 heteroatoms. The fourth-order valence-corrected chi connectivity index (χ4v) is 2.39. The number of methoxy groups -OCH3 is 2. The second kappa shape index (κ2) is 10.4. The fourth-order valence-electron chi connectivity index (χ4n) is 2.26. The molecule has 0 bridgehead atoms. The SMILES string of the molecule is COc1ccc(CNC(=O)COC(=O)[C@H](C)Oc2ccc(Cl)cc2)cc1OC. The molecule has 0 aliphatic heterocycles. The van der Waals surface area contributed by atoms with Crippen LogP contribution in [-0.2, 0) is 20.9 Å². The maximum Gasteiger partial charge on any atom is 0.347 e. The summed E-state index contributed by atoms with van der Waals surface area (Å²) in [6.45, 7) is 1.40. The van der Waals surface area contributed by atoms with E-state index in [0.717, 1.165) is 5.56 Å². The second-order valence-electron chi connectivity index (χ2n) is 5.79. The van der Waals surface area contributed by atoms with Gasteiger partial charge >= 0.3 is 5.97 Å². The van der Waals surface area contributed by atoms with E-state index < -0.39 is 24.6 Å². The van der Waals surface area contributed by atoms with E-state index in [1.807, 2.05) is 0 Å². The van der Waals surface area contributed by atoms with Crippen molar-refractivity contribution in [3.63, 3.8) is 0 Å². The summed E-state index contributed by atoms with van der Waals surface area (Å²) in [5, 5.41) is 3.23. The normalized spacial score (nSPS) is 11.3. The Morgan fingerprint density at radius 1 is 1.04 bits per heavy atom. The van der Waals surface area contributed by atoms with Crippen LogP contribution in [0.2, 0.25) is 5.02 Å². The first-order valence-electron chi connectivity index (χ1n) is 8.49. The van der Waals surface area contributed by atoms with Gasteiger partial charge in [0.05, 0.1) is 14.2 Å². The van der Waals surface area contributed by atoms with Crippen molar-refractivity contribution in [2.24, 2.45) is 0 Å². The van der Waals surface area contributed by atoms with E-state index in [4.69, 9.17) is 30.5 Å². The van der Waals surface area contributed by atoms with Crippen molar-refractivity contribution >= 4 is 23.5 Å². The molecule has 28 heavy (non-hydrogen) atoms. The zero-order chi connectivity index (χ0) is 20.5. The van der Waals surface area contributed by atoms with Crippen LogP contribution in [0.5, 0.6) is 17.2 Å². The Bertz CT molecular complexity index is 809. The molecule has 2 aromatic rings. The lowest BCUT2D eigenvalue weighted by Gasteiger charge is -2.14. The molecule has 2 rings (SSSR count). The fraction of sp³-hybridized carbons (Fsp3) is 0.300. The van der Waals surface area contributed by atoms with Crippen LogP contribution in [0.4, 0.5) is 0 Å². The van der Waals surface area contributed by atoms with E-state index in [0.29, 0.717) is 22.3 Å². The number of carbonyl (C=O) groups excluding carboxylic acids is 2. The largest absolute Gasteiger partial charge is 0.493 e. The summed E-state index contributed by atoms with van der Waals surface area (Å²) < 4.78 is 20.8. The zero-order valence-electron chi connectivity index (χ0n) is 15.9. The molecule has 150 valence electrons. The van der Waals surface area contributed by atoms with E-state index >= 15 is 0 Å². The standard InChI is InChI=1S/C20H22ClNO6/c1-13(28-16-7-5-15(21)6-8-16)20(24)27-12-19(23)22-11-14-4-9-17(25-2)18(10-14)26-3/h4-10,13H,11-12H2,1-3H3,(H,22,23)/t13-/m0/s1. The quantitative estimate of drug-likeness (QED) is 0.643. The average molecular weight is 408 g/mol. The molecule has 0 fully saturated rings. The van der Waals surface area contributed by atoms with Gasteiger partial charge in [0, 0.05) is 11.6 Å². The van der Waals surface area contributed by atoms with E-state index in [1.165, 1.54) is 7.11 Å². The molecule has 7 nitrogen and oxygen atoms in total. The first kappa shape index (κ1) is 21.4. The van der Waals surface area contributed by atoms with Crippen LogP contribution in [0.15, 0.2) is 42.5 Å². The van der Waals surface area contributed by atoms with Gasteiger partial charge in [-0.15, -0.1) is 0 Å². The number of hydrogen-bond donors (Lipinski definition) is 1. The Hall–Kier alpha value is -2.93. The highest BCUT2D eigenvalue weighted by molar-refractivity contribution is 6.30. The van der Waals surface area contributed by atoms with E-state index in [9.17, 15) is 9.59 Å². The number of carbonyl (C=O) groups is 2. The molecule has 0 radical (unpaired) electrons.